The Morgan fingerprint density at radius 2 is 1.85 bits per heavy atom. The lowest BCUT2D eigenvalue weighted by molar-refractivity contribution is -0.119. The number of aliphatic imine (C=N–C) groups is 1. The molecule has 5 atom stereocenters. The maximum absolute atomic E-state index is 10.6. The molecule has 2 bridgehead atoms. The van der Waals surface area contributed by atoms with Crippen molar-refractivity contribution in [1.82, 2.24) is 0 Å². The van der Waals surface area contributed by atoms with Crippen LogP contribution in [-0.2, 0) is 0 Å². The van der Waals surface area contributed by atoms with Crippen LogP contribution in [0.15, 0.2) is 35.3 Å². The van der Waals surface area contributed by atoms with Gasteiger partial charge in [-0.1, -0.05) is 39.0 Å². The Bertz CT molecular complexity index is 697. The summed E-state index contributed by atoms with van der Waals surface area (Å²) in [6, 6.07) is 10.7. The molecule has 26 heavy (non-hydrogen) atoms. The van der Waals surface area contributed by atoms with Crippen molar-refractivity contribution in [3.63, 3.8) is 0 Å². The van der Waals surface area contributed by atoms with Crippen molar-refractivity contribution in [3.05, 3.63) is 30.3 Å². The quantitative estimate of drug-likeness (QED) is 0.562. The molecule has 2 N–H and O–H groups in total. The summed E-state index contributed by atoms with van der Waals surface area (Å²) in [6.45, 7) is 9.31. The first-order chi connectivity index (χ1) is 12.3. The first-order valence-electron chi connectivity index (χ1n) is 10.3. The summed E-state index contributed by atoms with van der Waals surface area (Å²) >= 11 is 0. The van der Waals surface area contributed by atoms with Crippen LogP contribution in [0.25, 0.3) is 0 Å². The van der Waals surface area contributed by atoms with Gasteiger partial charge in [0.1, 0.15) is 0 Å². The predicted octanol–water partition coefficient (Wildman–Crippen LogP) is 5.26. The molecular weight excluding hydrogens is 320 g/mol. The standard InChI is InChI=1S/C23H34N2O/c1-16(24-17-8-6-5-7-9-17)25-19-14-21(2,3)18-10-12-22(4)15-23(18,19)13-11-20(22)26/h5-9,18-20,26H,10-15H2,1-4H3,(H,24,25)/t18-,19-,20+,22+,23-/m0/s1. The average molecular weight is 355 g/mol. The van der Waals surface area contributed by atoms with E-state index < -0.39 is 0 Å². The van der Waals surface area contributed by atoms with E-state index in [1.807, 2.05) is 6.07 Å². The van der Waals surface area contributed by atoms with Gasteiger partial charge in [0, 0.05) is 5.69 Å². The van der Waals surface area contributed by atoms with Crippen molar-refractivity contribution in [2.45, 2.75) is 78.4 Å². The number of rotatable bonds is 2. The number of aliphatic hydroxyl groups excluding tert-OH is 1. The lowest BCUT2D eigenvalue weighted by Crippen LogP contribution is -2.54. The van der Waals surface area contributed by atoms with Crippen molar-refractivity contribution < 1.29 is 5.11 Å². The number of nitrogens with zero attached hydrogens (tertiary/aromatic N) is 1. The molecule has 0 saturated heterocycles. The van der Waals surface area contributed by atoms with E-state index in [9.17, 15) is 5.11 Å². The van der Waals surface area contributed by atoms with Gasteiger partial charge < -0.3 is 10.4 Å². The van der Waals surface area contributed by atoms with Crippen molar-refractivity contribution in [1.29, 1.82) is 0 Å². The van der Waals surface area contributed by atoms with E-state index in [1.165, 1.54) is 12.8 Å². The van der Waals surface area contributed by atoms with E-state index in [0.717, 1.165) is 43.1 Å². The first-order valence-corrected chi connectivity index (χ1v) is 10.3. The molecule has 3 nitrogen and oxygen atoms in total. The van der Waals surface area contributed by atoms with Gasteiger partial charge >= 0.3 is 0 Å². The lowest BCUT2D eigenvalue weighted by atomic mass is 9.49. The number of benzene rings is 1. The number of aliphatic hydroxyl groups is 1. The predicted molar refractivity (Wildman–Crippen MR) is 108 cm³/mol. The minimum absolute atomic E-state index is 0.0870. The van der Waals surface area contributed by atoms with Gasteiger partial charge in [-0.25, -0.2) is 0 Å². The van der Waals surface area contributed by atoms with Crippen molar-refractivity contribution in [2.75, 3.05) is 5.32 Å². The molecule has 4 rings (SSSR count). The Hall–Kier alpha value is -1.35. The van der Waals surface area contributed by atoms with Gasteiger partial charge in [-0.3, -0.25) is 4.99 Å². The second-order valence-corrected chi connectivity index (χ2v) is 10.1. The monoisotopic (exact) mass is 354 g/mol. The fourth-order valence-electron chi connectivity index (χ4n) is 6.73. The molecule has 0 aliphatic heterocycles. The molecule has 0 aromatic heterocycles. The Kier molecular flexibility index (Phi) is 4.22. The molecule has 1 aromatic rings. The summed E-state index contributed by atoms with van der Waals surface area (Å²) in [6.07, 6.45) is 6.66. The van der Waals surface area contributed by atoms with Gasteiger partial charge in [0.2, 0.25) is 0 Å². The van der Waals surface area contributed by atoms with E-state index in [0.29, 0.717) is 11.5 Å². The van der Waals surface area contributed by atoms with Crippen LogP contribution >= 0.6 is 0 Å². The molecule has 1 spiro atoms. The second kappa shape index (κ2) is 6.09. The van der Waals surface area contributed by atoms with E-state index >= 15 is 0 Å². The summed E-state index contributed by atoms with van der Waals surface area (Å²) in [5, 5.41) is 14.1. The molecule has 3 saturated carbocycles. The van der Waals surface area contributed by atoms with Crippen LogP contribution in [0.3, 0.4) is 0 Å². The Balaban J connectivity index is 1.64. The molecule has 142 valence electrons. The molecule has 0 amide bonds. The molecule has 3 fully saturated rings. The molecule has 0 unspecified atom stereocenters. The molecular formula is C23H34N2O. The highest BCUT2D eigenvalue weighted by Gasteiger charge is 2.64. The third kappa shape index (κ3) is 2.79. The SMILES string of the molecule is CC(=N[C@H]1CC(C)(C)[C@@H]2CC[C@]3(C)C[C@]12CC[C@H]3O)Nc1ccccc1. The number of fused-ring (bicyclic) bond motifs is 1. The van der Waals surface area contributed by atoms with Crippen LogP contribution < -0.4 is 5.32 Å². The maximum Gasteiger partial charge on any atom is 0.0979 e. The molecule has 0 heterocycles. The highest BCUT2D eigenvalue weighted by molar-refractivity contribution is 5.93. The Labute approximate surface area is 158 Å². The van der Waals surface area contributed by atoms with Crippen LogP contribution in [0.1, 0.15) is 66.2 Å². The van der Waals surface area contributed by atoms with Crippen LogP contribution in [0, 0.1) is 22.2 Å². The van der Waals surface area contributed by atoms with Gasteiger partial charge in [0.05, 0.1) is 18.0 Å². The fraction of sp³-hybridized carbons (Fsp3) is 0.696. The molecule has 3 heteroatoms. The highest BCUT2D eigenvalue weighted by atomic mass is 16.3. The number of amidine groups is 1. The number of nitrogens with one attached hydrogen (secondary N) is 1. The number of anilines is 1. The van der Waals surface area contributed by atoms with Gasteiger partial charge in [0.15, 0.2) is 0 Å². The lowest BCUT2D eigenvalue weighted by Gasteiger charge is -2.57. The van der Waals surface area contributed by atoms with Crippen LogP contribution in [0.2, 0.25) is 0 Å². The number of hydrogen-bond acceptors (Lipinski definition) is 2. The zero-order valence-corrected chi connectivity index (χ0v) is 16.8. The second-order valence-electron chi connectivity index (χ2n) is 10.1. The fourth-order valence-corrected chi connectivity index (χ4v) is 6.73. The normalized spacial score (nSPS) is 41.6. The summed E-state index contributed by atoms with van der Waals surface area (Å²) in [5.74, 6) is 1.75. The topological polar surface area (TPSA) is 44.6 Å². The molecule has 0 radical (unpaired) electrons. The summed E-state index contributed by atoms with van der Waals surface area (Å²) in [4.78, 5) is 5.24. The van der Waals surface area contributed by atoms with E-state index in [2.05, 4.69) is 57.3 Å². The minimum atomic E-state index is -0.133. The van der Waals surface area contributed by atoms with Gasteiger partial charge in [-0.05, 0) is 79.7 Å². The Morgan fingerprint density at radius 1 is 1.12 bits per heavy atom. The van der Waals surface area contributed by atoms with E-state index in [4.69, 9.17) is 4.99 Å². The zero-order chi connectivity index (χ0) is 18.6. The summed E-state index contributed by atoms with van der Waals surface area (Å²) in [7, 11) is 0. The molecule has 3 aliphatic carbocycles. The first kappa shape index (κ1) is 18.0. The summed E-state index contributed by atoms with van der Waals surface area (Å²) in [5.41, 5.74) is 1.80. The highest BCUT2D eigenvalue weighted by Crippen LogP contribution is 2.69. The molecule has 3 aliphatic rings. The maximum atomic E-state index is 10.6. The minimum Gasteiger partial charge on any atom is -0.393 e. The van der Waals surface area contributed by atoms with E-state index in [1.54, 1.807) is 0 Å². The van der Waals surface area contributed by atoms with Crippen LogP contribution in [0.4, 0.5) is 5.69 Å². The number of hydrogen-bond donors (Lipinski definition) is 2. The largest absolute Gasteiger partial charge is 0.393 e. The summed E-state index contributed by atoms with van der Waals surface area (Å²) < 4.78 is 0. The third-order valence-electron chi connectivity index (χ3n) is 7.89. The Morgan fingerprint density at radius 3 is 2.58 bits per heavy atom. The van der Waals surface area contributed by atoms with Crippen molar-refractivity contribution in [2.24, 2.45) is 27.2 Å². The van der Waals surface area contributed by atoms with E-state index in [-0.39, 0.29) is 16.9 Å². The number of para-hydroxylation sites is 1. The van der Waals surface area contributed by atoms with Gasteiger partial charge in [-0.15, -0.1) is 0 Å². The van der Waals surface area contributed by atoms with Crippen molar-refractivity contribution >= 4 is 11.5 Å². The van der Waals surface area contributed by atoms with Crippen LogP contribution in [-0.4, -0.2) is 23.1 Å². The van der Waals surface area contributed by atoms with Crippen molar-refractivity contribution in [3.8, 4) is 0 Å². The zero-order valence-electron chi connectivity index (χ0n) is 16.8. The van der Waals surface area contributed by atoms with Crippen LogP contribution in [0.5, 0.6) is 0 Å². The van der Waals surface area contributed by atoms with Gasteiger partial charge in [0.25, 0.3) is 0 Å². The molecule has 1 aromatic carbocycles. The third-order valence-corrected chi connectivity index (χ3v) is 7.89. The van der Waals surface area contributed by atoms with Gasteiger partial charge in [-0.2, -0.15) is 0 Å². The smallest absolute Gasteiger partial charge is 0.0979 e. The average Bonchev–Trinajstić information content (AvgIpc) is 2.78.